The Morgan fingerprint density at radius 2 is 1.50 bits per heavy atom. The Labute approximate surface area is 117 Å². The number of rotatable bonds is 8. The molecule has 0 aromatic rings. The van der Waals surface area contributed by atoms with Crippen LogP contribution in [0.1, 0.15) is 67.2 Å². The smallest absolute Gasteiger partial charge is 0.191 e. The molecule has 0 rings (SSSR count). The van der Waals surface area contributed by atoms with Gasteiger partial charge in [-0.15, -0.1) is 0 Å². The fourth-order valence-electron chi connectivity index (χ4n) is 1.67. The van der Waals surface area contributed by atoms with E-state index in [1.165, 1.54) is 25.7 Å². The summed E-state index contributed by atoms with van der Waals surface area (Å²) in [6.07, 6.45) is 5.37. The second kappa shape index (κ2) is 7.69. The summed E-state index contributed by atoms with van der Waals surface area (Å²) in [7, 11) is -1.54. The molecule has 0 saturated carbocycles. The van der Waals surface area contributed by atoms with Crippen molar-refractivity contribution in [3.05, 3.63) is 0 Å². The number of hydrogen-bond donors (Lipinski definition) is 0. The van der Waals surface area contributed by atoms with E-state index in [1.807, 2.05) is 0 Å². The van der Waals surface area contributed by atoms with E-state index >= 15 is 0 Å². The summed E-state index contributed by atoms with van der Waals surface area (Å²) in [5.41, 5.74) is 0. The van der Waals surface area contributed by atoms with Crippen molar-refractivity contribution in [2.75, 3.05) is 6.61 Å². The van der Waals surface area contributed by atoms with E-state index in [1.54, 1.807) is 0 Å². The molecule has 0 bridgehead atoms. The molecule has 0 aliphatic carbocycles. The standard InChI is InChI=1S/C16H36OSi/c1-9-14(2)11-10-12-15(3)13-17-18(7,8)16(4,5)6/h14-15H,9-13H2,1-8H3/t14-,15-/m1/s1. The monoisotopic (exact) mass is 272 g/mol. The SMILES string of the molecule is CC[C@@H](C)CCC[C@@H](C)CO[Si](C)(C)C(C)(C)C. The van der Waals surface area contributed by atoms with Crippen LogP contribution in [0.2, 0.25) is 18.1 Å². The minimum Gasteiger partial charge on any atom is -0.417 e. The summed E-state index contributed by atoms with van der Waals surface area (Å²) in [4.78, 5) is 0. The van der Waals surface area contributed by atoms with E-state index in [2.05, 4.69) is 54.6 Å². The maximum atomic E-state index is 6.28. The van der Waals surface area contributed by atoms with Gasteiger partial charge in [0.25, 0.3) is 0 Å². The van der Waals surface area contributed by atoms with Crippen molar-refractivity contribution < 1.29 is 4.43 Å². The van der Waals surface area contributed by atoms with Crippen molar-refractivity contribution in [3.8, 4) is 0 Å². The molecule has 0 aromatic carbocycles. The molecule has 0 aliphatic rings. The van der Waals surface area contributed by atoms with E-state index < -0.39 is 8.32 Å². The molecule has 2 atom stereocenters. The highest BCUT2D eigenvalue weighted by atomic mass is 28.4. The summed E-state index contributed by atoms with van der Waals surface area (Å²) in [5, 5.41) is 0.337. The van der Waals surface area contributed by atoms with Gasteiger partial charge in [-0.05, 0) is 36.4 Å². The van der Waals surface area contributed by atoms with Gasteiger partial charge in [0.15, 0.2) is 8.32 Å². The largest absolute Gasteiger partial charge is 0.417 e. The molecule has 0 heterocycles. The van der Waals surface area contributed by atoms with Gasteiger partial charge < -0.3 is 4.43 Å². The molecular weight excluding hydrogens is 236 g/mol. The van der Waals surface area contributed by atoms with Crippen LogP contribution >= 0.6 is 0 Å². The lowest BCUT2D eigenvalue weighted by Gasteiger charge is -2.37. The maximum absolute atomic E-state index is 6.28. The van der Waals surface area contributed by atoms with Gasteiger partial charge in [-0.2, -0.15) is 0 Å². The van der Waals surface area contributed by atoms with Gasteiger partial charge in [-0.25, -0.2) is 0 Å². The highest BCUT2D eigenvalue weighted by Gasteiger charge is 2.37. The van der Waals surface area contributed by atoms with Gasteiger partial charge in [-0.3, -0.25) is 0 Å². The summed E-state index contributed by atoms with van der Waals surface area (Å²) < 4.78 is 6.28. The van der Waals surface area contributed by atoms with Crippen LogP contribution in [-0.2, 0) is 4.43 Å². The van der Waals surface area contributed by atoms with Crippen molar-refractivity contribution in [2.45, 2.75) is 85.4 Å². The summed E-state index contributed by atoms with van der Waals surface area (Å²) >= 11 is 0. The van der Waals surface area contributed by atoms with Crippen molar-refractivity contribution in [1.82, 2.24) is 0 Å². The first-order valence-corrected chi connectivity index (χ1v) is 10.6. The van der Waals surface area contributed by atoms with Crippen LogP contribution < -0.4 is 0 Å². The summed E-state index contributed by atoms with van der Waals surface area (Å²) in [6.45, 7) is 19.6. The van der Waals surface area contributed by atoms with Crippen molar-refractivity contribution in [1.29, 1.82) is 0 Å². The molecule has 18 heavy (non-hydrogen) atoms. The first-order chi connectivity index (χ1) is 8.10. The van der Waals surface area contributed by atoms with Gasteiger partial charge in [0, 0.05) is 6.61 Å². The summed E-state index contributed by atoms with van der Waals surface area (Å²) in [6, 6.07) is 0. The van der Waals surface area contributed by atoms with Crippen molar-refractivity contribution in [3.63, 3.8) is 0 Å². The second-order valence-electron chi connectivity index (χ2n) is 7.62. The topological polar surface area (TPSA) is 9.23 Å². The van der Waals surface area contributed by atoms with Crippen LogP contribution in [0.25, 0.3) is 0 Å². The normalized spacial score (nSPS) is 16.7. The molecule has 110 valence electrons. The third-order valence-corrected chi connectivity index (χ3v) is 9.13. The molecule has 0 unspecified atom stereocenters. The molecular formula is C16H36OSi. The molecule has 0 amide bonds. The lowest BCUT2D eigenvalue weighted by Crippen LogP contribution is -2.41. The lowest BCUT2D eigenvalue weighted by atomic mass is 9.98. The molecule has 0 aliphatic heterocycles. The quantitative estimate of drug-likeness (QED) is 0.503. The highest BCUT2D eigenvalue weighted by Crippen LogP contribution is 2.36. The van der Waals surface area contributed by atoms with Crippen molar-refractivity contribution >= 4 is 8.32 Å². The molecule has 2 heteroatoms. The average Bonchev–Trinajstić information content (AvgIpc) is 2.24. The Bertz CT molecular complexity index is 218. The Hall–Kier alpha value is 0.177. The van der Waals surface area contributed by atoms with Crippen molar-refractivity contribution in [2.24, 2.45) is 11.8 Å². The van der Waals surface area contributed by atoms with Crippen LogP contribution in [0.3, 0.4) is 0 Å². The first-order valence-electron chi connectivity index (χ1n) is 7.74. The van der Waals surface area contributed by atoms with Crippen LogP contribution in [0.4, 0.5) is 0 Å². The molecule has 1 nitrogen and oxygen atoms in total. The molecule has 0 aromatic heterocycles. The van der Waals surface area contributed by atoms with Crippen LogP contribution in [0.5, 0.6) is 0 Å². The Balaban J connectivity index is 3.87. The molecule has 0 spiro atoms. The molecule has 0 saturated heterocycles. The summed E-state index contributed by atoms with van der Waals surface area (Å²) in [5.74, 6) is 1.60. The fourth-order valence-corrected chi connectivity index (χ4v) is 2.80. The van der Waals surface area contributed by atoms with Crippen LogP contribution in [0.15, 0.2) is 0 Å². The zero-order valence-corrected chi connectivity index (χ0v) is 15.1. The van der Waals surface area contributed by atoms with Gasteiger partial charge in [0.05, 0.1) is 0 Å². The number of hydrogen-bond acceptors (Lipinski definition) is 1. The van der Waals surface area contributed by atoms with Crippen LogP contribution in [-0.4, -0.2) is 14.9 Å². The average molecular weight is 273 g/mol. The minimum absolute atomic E-state index is 0.337. The van der Waals surface area contributed by atoms with Gasteiger partial charge in [-0.1, -0.05) is 60.8 Å². The van der Waals surface area contributed by atoms with Gasteiger partial charge in [0.2, 0.25) is 0 Å². The van der Waals surface area contributed by atoms with E-state index in [9.17, 15) is 0 Å². The predicted octanol–water partition coefficient (Wildman–Crippen LogP) is 5.86. The molecule has 0 N–H and O–H groups in total. The van der Waals surface area contributed by atoms with Crippen LogP contribution in [0, 0.1) is 11.8 Å². The lowest BCUT2D eigenvalue weighted by molar-refractivity contribution is 0.226. The highest BCUT2D eigenvalue weighted by molar-refractivity contribution is 6.74. The van der Waals surface area contributed by atoms with E-state index in [0.717, 1.165) is 12.5 Å². The van der Waals surface area contributed by atoms with Gasteiger partial charge in [0.1, 0.15) is 0 Å². The predicted molar refractivity (Wildman–Crippen MR) is 85.6 cm³/mol. The zero-order chi connectivity index (χ0) is 14.4. The minimum atomic E-state index is -1.54. The second-order valence-corrected chi connectivity index (χ2v) is 12.4. The third kappa shape index (κ3) is 6.94. The maximum Gasteiger partial charge on any atom is 0.191 e. The Kier molecular flexibility index (Phi) is 7.77. The molecule has 0 fully saturated rings. The Morgan fingerprint density at radius 1 is 1.00 bits per heavy atom. The van der Waals surface area contributed by atoms with E-state index in [4.69, 9.17) is 4.43 Å². The molecule has 0 radical (unpaired) electrons. The zero-order valence-electron chi connectivity index (χ0n) is 14.1. The van der Waals surface area contributed by atoms with E-state index in [-0.39, 0.29) is 0 Å². The first kappa shape index (κ1) is 18.2. The third-order valence-electron chi connectivity index (χ3n) is 4.63. The fraction of sp³-hybridized carbons (Fsp3) is 1.00. The van der Waals surface area contributed by atoms with E-state index in [0.29, 0.717) is 11.0 Å². The van der Waals surface area contributed by atoms with Gasteiger partial charge >= 0.3 is 0 Å². The Morgan fingerprint density at radius 3 is 1.94 bits per heavy atom.